The lowest BCUT2D eigenvalue weighted by atomic mass is 9.99. The third kappa shape index (κ3) is 8.46. The molecule has 0 bridgehead atoms. The fourth-order valence-electron chi connectivity index (χ4n) is 4.63. The highest BCUT2D eigenvalue weighted by Gasteiger charge is 2.44. The van der Waals surface area contributed by atoms with Gasteiger partial charge in [0.25, 0.3) is 0 Å². The van der Waals surface area contributed by atoms with E-state index in [0.717, 1.165) is 24.0 Å². The summed E-state index contributed by atoms with van der Waals surface area (Å²) in [5.74, 6) is 1.95. The van der Waals surface area contributed by atoms with Gasteiger partial charge in [0.2, 0.25) is 11.8 Å². The summed E-state index contributed by atoms with van der Waals surface area (Å²) in [4.78, 5) is 42.8. The molecule has 0 spiro atoms. The number of ether oxygens (including phenoxy) is 1. The van der Waals surface area contributed by atoms with Crippen LogP contribution < -0.4 is 10.6 Å². The second-order valence-electron chi connectivity index (χ2n) is 11.2. The van der Waals surface area contributed by atoms with E-state index in [9.17, 15) is 14.4 Å². The molecule has 0 aromatic heterocycles. The van der Waals surface area contributed by atoms with Crippen molar-refractivity contribution >= 4 is 17.9 Å². The van der Waals surface area contributed by atoms with E-state index in [4.69, 9.17) is 11.2 Å². The zero-order valence-electron chi connectivity index (χ0n) is 23.8. The van der Waals surface area contributed by atoms with Gasteiger partial charge in [0.15, 0.2) is 0 Å². The Morgan fingerprint density at radius 3 is 2.05 bits per heavy atom. The molecule has 4 rings (SSSR count). The van der Waals surface area contributed by atoms with E-state index in [1.165, 1.54) is 0 Å². The minimum Gasteiger partial charge on any atom is -0.444 e. The third-order valence-corrected chi connectivity index (χ3v) is 6.70. The summed E-state index contributed by atoms with van der Waals surface area (Å²) in [6.45, 7) is 5.62. The van der Waals surface area contributed by atoms with Crippen molar-refractivity contribution < 1.29 is 19.1 Å². The Labute approximate surface area is 242 Å². The Bertz CT molecular complexity index is 1370. The zero-order valence-corrected chi connectivity index (χ0v) is 23.8. The fraction of sp³-hybridized carbons (Fsp3) is 0.324. The van der Waals surface area contributed by atoms with Crippen molar-refractivity contribution in [2.45, 2.75) is 70.3 Å². The van der Waals surface area contributed by atoms with Gasteiger partial charge >= 0.3 is 6.09 Å². The quantitative estimate of drug-likeness (QED) is 0.341. The highest BCUT2D eigenvalue weighted by atomic mass is 16.6. The molecular formula is C34H37N3O4. The molecule has 2 unspecified atom stereocenters. The highest BCUT2D eigenvalue weighted by molar-refractivity contribution is 5.92. The number of carbonyl (C=O) groups excluding carboxylic acids is 3. The van der Waals surface area contributed by atoms with Crippen LogP contribution in [0.1, 0.15) is 61.9 Å². The monoisotopic (exact) mass is 551 g/mol. The first-order chi connectivity index (χ1) is 19.6. The van der Waals surface area contributed by atoms with Crippen molar-refractivity contribution in [2.24, 2.45) is 0 Å². The normalized spacial score (nSPS) is 14.2. The van der Waals surface area contributed by atoms with Crippen LogP contribution in [0.4, 0.5) is 4.79 Å². The zero-order chi connectivity index (χ0) is 29.4. The fourth-order valence-corrected chi connectivity index (χ4v) is 4.63. The molecule has 3 aromatic carbocycles. The minimum absolute atomic E-state index is 0.138. The van der Waals surface area contributed by atoms with Crippen LogP contribution in [0.5, 0.6) is 0 Å². The molecule has 0 aliphatic heterocycles. The van der Waals surface area contributed by atoms with Crippen LogP contribution in [0.2, 0.25) is 0 Å². The maximum Gasteiger partial charge on any atom is 0.408 e. The number of terminal acetylenes is 1. The van der Waals surface area contributed by atoms with Crippen molar-refractivity contribution in [3.8, 4) is 12.3 Å². The Morgan fingerprint density at radius 2 is 1.51 bits per heavy atom. The van der Waals surface area contributed by atoms with E-state index in [0.29, 0.717) is 17.7 Å². The molecule has 7 heteroatoms. The van der Waals surface area contributed by atoms with E-state index >= 15 is 0 Å². The largest absolute Gasteiger partial charge is 0.444 e. The lowest BCUT2D eigenvalue weighted by Gasteiger charge is -2.35. The highest BCUT2D eigenvalue weighted by Crippen LogP contribution is 2.36. The lowest BCUT2D eigenvalue weighted by Crippen LogP contribution is -2.54. The molecule has 7 nitrogen and oxygen atoms in total. The van der Waals surface area contributed by atoms with Crippen molar-refractivity contribution in [3.63, 3.8) is 0 Å². The molecule has 1 aliphatic carbocycles. The third-order valence-electron chi connectivity index (χ3n) is 6.70. The SMILES string of the molecule is C#Cc1ccc(C(C(=O)NCc2ccccc2)N(C(=O)C(Cc2ccccc2)NC(=O)OC(C)(C)C)C2CC2)cc1. The van der Waals surface area contributed by atoms with E-state index in [1.807, 2.05) is 60.7 Å². The number of hydrogen-bond acceptors (Lipinski definition) is 4. The van der Waals surface area contributed by atoms with Crippen LogP contribution in [0, 0.1) is 12.3 Å². The standard InChI is InChI=1S/C34H37N3O4/c1-5-24-16-18-27(19-17-24)30(31(38)35-23-26-14-10-7-11-15-26)37(28-20-21-28)32(39)29(22-25-12-8-6-9-13-25)36-33(40)41-34(2,3)4/h1,6-19,28-30H,20-23H2,2-4H3,(H,35,38)(H,36,40). The summed E-state index contributed by atoms with van der Waals surface area (Å²) in [7, 11) is 0. The predicted molar refractivity (Wildman–Crippen MR) is 159 cm³/mol. The summed E-state index contributed by atoms with van der Waals surface area (Å²) < 4.78 is 5.50. The first kappa shape index (κ1) is 29.4. The molecule has 212 valence electrons. The molecule has 1 aliphatic rings. The molecule has 3 aromatic rings. The van der Waals surface area contributed by atoms with Crippen molar-refractivity contribution in [3.05, 3.63) is 107 Å². The summed E-state index contributed by atoms with van der Waals surface area (Å²) in [6, 6.07) is 24.2. The number of carbonyl (C=O) groups is 3. The van der Waals surface area contributed by atoms with Gasteiger partial charge < -0.3 is 20.3 Å². The van der Waals surface area contributed by atoms with Gasteiger partial charge in [-0.05, 0) is 62.4 Å². The number of alkyl carbamates (subject to hydrolysis) is 1. The maximum atomic E-state index is 14.4. The van der Waals surface area contributed by atoms with Gasteiger partial charge in [0.1, 0.15) is 17.7 Å². The lowest BCUT2D eigenvalue weighted by molar-refractivity contribution is -0.143. The summed E-state index contributed by atoms with van der Waals surface area (Å²) in [5.41, 5.74) is 2.40. The van der Waals surface area contributed by atoms with Crippen LogP contribution >= 0.6 is 0 Å². The van der Waals surface area contributed by atoms with E-state index in [-0.39, 0.29) is 24.3 Å². The Kier molecular flexibility index (Phi) is 9.46. The molecule has 0 radical (unpaired) electrons. The molecule has 0 heterocycles. The topological polar surface area (TPSA) is 87.7 Å². The summed E-state index contributed by atoms with van der Waals surface area (Å²) >= 11 is 0. The predicted octanol–water partition coefficient (Wildman–Crippen LogP) is 5.15. The van der Waals surface area contributed by atoms with Gasteiger partial charge in [0.05, 0.1) is 0 Å². The first-order valence-corrected chi connectivity index (χ1v) is 13.9. The number of nitrogens with one attached hydrogen (secondary N) is 2. The number of amides is 3. The van der Waals surface area contributed by atoms with Gasteiger partial charge in [-0.15, -0.1) is 6.42 Å². The summed E-state index contributed by atoms with van der Waals surface area (Å²) in [6.07, 6.45) is 6.66. The van der Waals surface area contributed by atoms with Crippen LogP contribution in [-0.4, -0.2) is 40.5 Å². The minimum atomic E-state index is -0.942. The number of benzene rings is 3. The molecule has 0 saturated heterocycles. The molecule has 41 heavy (non-hydrogen) atoms. The van der Waals surface area contributed by atoms with E-state index in [2.05, 4.69) is 16.6 Å². The van der Waals surface area contributed by atoms with E-state index in [1.54, 1.807) is 49.9 Å². The molecule has 1 saturated carbocycles. The van der Waals surface area contributed by atoms with Crippen molar-refractivity contribution in [1.82, 2.24) is 15.5 Å². The van der Waals surface area contributed by atoms with Gasteiger partial charge in [-0.3, -0.25) is 9.59 Å². The van der Waals surface area contributed by atoms with Crippen LogP contribution in [0.15, 0.2) is 84.9 Å². The van der Waals surface area contributed by atoms with Crippen molar-refractivity contribution in [2.75, 3.05) is 0 Å². The maximum absolute atomic E-state index is 14.4. The second-order valence-corrected chi connectivity index (χ2v) is 11.2. The molecular weight excluding hydrogens is 514 g/mol. The van der Waals surface area contributed by atoms with Gasteiger partial charge in [0, 0.05) is 24.6 Å². The Hall–Kier alpha value is -4.57. The van der Waals surface area contributed by atoms with Gasteiger partial charge in [-0.1, -0.05) is 78.7 Å². The summed E-state index contributed by atoms with van der Waals surface area (Å²) in [5, 5.41) is 5.82. The second kappa shape index (κ2) is 13.2. The van der Waals surface area contributed by atoms with Gasteiger partial charge in [-0.25, -0.2) is 4.79 Å². The van der Waals surface area contributed by atoms with Crippen LogP contribution in [0.3, 0.4) is 0 Å². The Balaban J connectivity index is 1.68. The molecule has 3 amide bonds. The molecule has 2 atom stereocenters. The van der Waals surface area contributed by atoms with Crippen LogP contribution in [0.25, 0.3) is 0 Å². The number of nitrogens with zero attached hydrogens (tertiary/aromatic N) is 1. The van der Waals surface area contributed by atoms with Gasteiger partial charge in [-0.2, -0.15) is 0 Å². The average molecular weight is 552 g/mol. The number of rotatable bonds is 10. The molecule has 1 fully saturated rings. The average Bonchev–Trinajstić information content (AvgIpc) is 3.79. The number of hydrogen-bond donors (Lipinski definition) is 2. The first-order valence-electron chi connectivity index (χ1n) is 13.9. The van der Waals surface area contributed by atoms with Crippen LogP contribution in [-0.2, 0) is 27.3 Å². The van der Waals surface area contributed by atoms with Crippen molar-refractivity contribution in [1.29, 1.82) is 0 Å². The Morgan fingerprint density at radius 1 is 0.927 bits per heavy atom. The van der Waals surface area contributed by atoms with E-state index < -0.39 is 23.8 Å². The smallest absolute Gasteiger partial charge is 0.408 e. The molecule has 2 N–H and O–H groups in total.